The van der Waals surface area contributed by atoms with Gasteiger partial charge in [-0.2, -0.15) is 5.26 Å². The van der Waals surface area contributed by atoms with Crippen LogP contribution in [0.2, 0.25) is 0 Å². The maximum Gasteiger partial charge on any atom is 0.196 e. The second-order valence-corrected chi connectivity index (χ2v) is 6.80. The normalized spacial score (nSPS) is 11.9. The zero-order valence-corrected chi connectivity index (χ0v) is 13.8. The molecule has 5 heteroatoms. The van der Waals surface area contributed by atoms with E-state index in [0.29, 0.717) is 27.4 Å². The molecular weight excluding hydrogens is 324 g/mol. The molecule has 0 amide bonds. The number of ketones is 1. The monoisotopic (exact) mass is 334 g/mol. The lowest BCUT2D eigenvalue weighted by molar-refractivity contribution is 0.104. The minimum atomic E-state index is -0.0457. The number of benzene rings is 1. The fraction of sp³-hybridized carbons (Fsp3) is 0.0556. The number of rotatable bonds is 2. The number of pyridine rings is 1. The summed E-state index contributed by atoms with van der Waals surface area (Å²) >= 11 is 2.96. The van der Waals surface area contributed by atoms with E-state index < -0.39 is 0 Å². The number of nitrogens with zero attached hydrogens (tertiary/aromatic N) is 2. The Hall–Kier alpha value is -2.42. The summed E-state index contributed by atoms with van der Waals surface area (Å²) in [6.45, 7) is 0. The second kappa shape index (κ2) is 5.34. The van der Waals surface area contributed by atoms with Gasteiger partial charge in [-0.1, -0.05) is 30.3 Å². The van der Waals surface area contributed by atoms with Crippen LogP contribution in [0, 0.1) is 11.3 Å². The van der Waals surface area contributed by atoms with Gasteiger partial charge in [0.1, 0.15) is 11.1 Å². The van der Waals surface area contributed by atoms with Gasteiger partial charge in [-0.05, 0) is 17.7 Å². The zero-order chi connectivity index (χ0) is 16.0. The fourth-order valence-electron chi connectivity index (χ4n) is 2.92. The maximum absolute atomic E-state index is 12.9. The van der Waals surface area contributed by atoms with Crippen molar-refractivity contribution in [2.75, 3.05) is 6.26 Å². The van der Waals surface area contributed by atoms with Crippen molar-refractivity contribution in [1.82, 2.24) is 4.98 Å². The summed E-state index contributed by atoms with van der Waals surface area (Å²) in [5.41, 5.74) is 3.97. The molecule has 0 radical (unpaired) electrons. The Balaban J connectivity index is 2.16. The fourth-order valence-corrected chi connectivity index (χ4v) is 4.24. The summed E-state index contributed by atoms with van der Waals surface area (Å²) in [6, 6.07) is 13.6. The van der Waals surface area contributed by atoms with E-state index in [2.05, 4.69) is 11.1 Å². The lowest BCUT2D eigenvalue weighted by Gasteiger charge is -2.11. The van der Waals surface area contributed by atoms with Crippen LogP contribution >= 0.6 is 23.1 Å². The summed E-state index contributed by atoms with van der Waals surface area (Å²) in [6.07, 6.45) is 1.90. The van der Waals surface area contributed by atoms with Crippen LogP contribution in [0.15, 0.2) is 46.8 Å². The molecule has 3 nitrogen and oxygen atoms in total. The summed E-state index contributed by atoms with van der Waals surface area (Å²) in [4.78, 5) is 18.5. The average molecular weight is 334 g/mol. The van der Waals surface area contributed by atoms with Crippen molar-refractivity contribution in [1.29, 1.82) is 5.26 Å². The van der Waals surface area contributed by atoms with Crippen molar-refractivity contribution >= 4 is 28.9 Å². The Morgan fingerprint density at radius 3 is 2.57 bits per heavy atom. The van der Waals surface area contributed by atoms with E-state index in [1.54, 1.807) is 0 Å². The van der Waals surface area contributed by atoms with Crippen LogP contribution in [-0.4, -0.2) is 17.0 Å². The molecule has 0 N–H and O–H groups in total. The Labute approximate surface area is 141 Å². The molecule has 0 spiro atoms. The zero-order valence-electron chi connectivity index (χ0n) is 12.2. The van der Waals surface area contributed by atoms with Crippen molar-refractivity contribution in [3.63, 3.8) is 0 Å². The standard InChI is InChI=1S/C18H10N2OS2/c1-22-18-12(9-19)14(13-7-4-8-23-13)15-16(20-18)10-5-2-3-6-11(10)17(15)21/h2-8H,1H3. The molecule has 3 aromatic rings. The molecule has 0 saturated heterocycles. The molecule has 23 heavy (non-hydrogen) atoms. The van der Waals surface area contributed by atoms with Crippen molar-refractivity contribution in [2.45, 2.75) is 5.03 Å². The second-order valence-electron chi connectivity index (χ2n) is 5.06. The minimum absolute atomic E-state index is 0.0457. The highest BCUT2D eigenvalue weighted by molar-refractivity contribution is 7.98. The first-order valence-corrected chi connectivity index (χ1v) is 9.06. The molecule has 1 aliphatic carbocycles. The van der Waals surface area contributed by atoms with E-state index in [-0.39, 0.29) is 5.78 Å². The van der Waals surface area contributed by atoms with Gasteiger partial charge in [0.25, 0.3) is 0 Å². The lowest BCUT2D eigenvalue weighted by Crippen LogP contribution is -2.02. The number of nitriles is 1. The highest BCUT2D eigenvalue weighted by Crippen LogP contribution is 2.45. The molecule has 0 fully saturated rings. The van der Waals surface area contributed by atoms with E-state index >= 15 is 0 Å². The molecule has 2 heterocycles. The quantitative estimate of drug-likeness (QED) is 0.502. The van der Waals surface area contributed by atoms with Gasteiger partial charge in [0.15, 0.2) is 5.78 Å². The summed E-state index contributed by atoms with van der Waals surface area (Å²) in [7, 11) is 0. The summed E-state index contributed by atoms with van der Waals surface area (Å²) in [5, 5.41) is 12.3. The topological polar surface area (TPSA) is 53.8 Å². The molecule has 1 aliphatic rings. The molecule has 0 bridgehead atoms. The van der Waals surface area contributed by atoms with Gasteiger partial charge in [-0.3, -0.25) is 4.79 Å². The highest BCUT2D eigenvalue weighted by atomic mass is 32.2. The van der Waals surface area contributed by atoms with Crippen LogP contribution < -0.4 is 0 Å². The Kier molecular flexibility index (Phi) is 3.29. The molecule has 110 valence electrons. The van der Waals surface area contributed by atoms with E-state index in [1.807, 2.05) is 48.0 Å². The highest BCUT2D eigenvalue weighted by Gasteiger charge is 2.34. The number of thiophene rings is 1. The van der Waals surface area contributed by atoms with Gasteiger partial charge in [0, 0.05) is 21.6 Å². The molecule has 0 aliphatic heterocycles. The molecule has 4 rings (SSSR count). The number of aromatic nitrogens is 1. The van der Waals surface area contributed by atoms with Crippen LogP contribution in [0.1, 0.15) is 21.5 Å². The number of fused-ring (bicyclic) bond motifs is 3. The molecular formula is C18H10N2OS2. The van der Waals surface area contributed by atoms with Gasteiger partial charge in [0.2, 0.25) is 0 Å². The Morgan fingerprint density at radius 2 is 1.91 bits per heavy atom. The number of hydrogen-bond acceptors (Lipinski definition) is 5. The number of hydrogen-bond donors (Lipinski definition) is 0. The average Bonchev–Trinajstić information content (AvgIpc) is 3.21. The first-order chi connectivity index (χ1) is 11.3. The lowest BCUT2D eigenvalue weighted by atomic mass is 9.99. The van der Waals surface area contributed by atoms with Gasteiger partial charge >= 0.3 is 0 Å². The predicted molar refractivity (Wildman–Crippen MR) is 92.9 cm³/mol. The van der Waals surface area contributed by atoms with Crippen LogP contribution in [-0.2, 0) is 0 Å². The third kappa shape index (κ3) is 1.96. The van der Waals surface area contributed by atoms with Gasteiger partial charge in [-0.25, -0.2) is 4.98 Å². The number of thioether (sulfide) groups is 1. The first-order valence-electron chi connectivity index (χ1n) is 6.96. The van der Waals surface area contributed by atoms with E-state index in [4.69, 9.17) is 0 Å². The number of carbonyl (C=O) groups excluding carboxylic acids is 1. The smallest absolute Gasteiger partial charge is 0.196 e. The predicted octanol–water partition coefficient (Wildman–Crippen LogP) is 4.62. The third-order valence-corrected chi connectivity index (χ3v) is 5.46. The van der Waals surface area contributed by atoms with Gasteiger partial charge in [-0.15, -0.1) is 23.1 Å². The molecule has 0 atom stereocenters. The van der Waals surface area contributed by atoms with Crippen LogP contribution in [0.25, 0.3) is 21.7 Å². The third-order valence-electron chi connectivity index (χ3n) is 3.89. The maximum atomic E-state index is 12.9. The molecule has 2 aromatic heterocycles. The Morgan fingerprint density at radius 1 is 1.13 bits per heavy atom. The summed E-state index contributed by atoms with van der Waals surface area (Å²) in [5.74, 6) is -0.0457. The number of carbonyl (C=O) groups is 1. The van der Waals surface area contributed by atoms with E-state index in [9.17, 15) is 10.1 Å². The minimum Gasteiger partial charge on any atom is -0.288 e. The first kappa shape index (κ1) is 14.2. The largest absolute Gasteiger partial charge is 0.288 e. The van der Waals surface area contributed by atoms with Gasteiger partial charge < -0.3 is 0 Å². The van der Waals surface area contributed by atoms with Crippen molar-refractivity contribution < 1.29 is 4.79 Å². The SMILES string of the molecule is CSc1nc2c(c(-c3cccs3)c1C#N)C(=O)c1ccccc1-2. The van der Waals surface area contributed by atoms with Crippen molar-refractivity contribution in [3.05, 3.63) is 58.5 Å². The Bertz CT molecular complexity index is 985. The van der Waals surface area contributed by atoms with Crippen molar-refractivity contribution in [3.8, 4) is 27.8 Å². The molecule has 0 unspecified atom stereocenters. The molecule has 1 aromatic carbocycles. The summed E-state index contributed by atoms with van der Waals surface area (Å²) < 4.78 is 0. The van der Waals surface area contributed by atoms with Gasteiger partial charge in [0.05, 0.1) is 16.8 Å². The van der Waals surface area contributed by atoms with Crippen LogP contribution in [0.4, 0.5) is 0 Å². The van der Waals surface area contributed by atoms with Crippen molar-refractivity contribution in [2.24, 2.45) is 0 Å². The van der Waals surface area contributed by atoms with Crippen LogP contribution in [0.5, 0.6) is 0 Å². The van der Waals surface area contributed by atoms with E-state index in [1.165, 1.54) is 23.1 Å². The molecule has 0 saturated carbocycles. The van der Waals surface area contributed by atoms with Crippen LogP contribution in [0.3, 0.4) is 0 Å². The van der Waals surface area contributed by atoms with E-state index in [0.717, 1.165) is 16.0 Å².